The van der Waals surface area contributed by atoms with E-state index < -0.39 is 74.8 Å². The van der Waals surface area contributed by atoms with Crippen LogP contribution in [-0.4, -0.2) is 102 Å². The zero-order valence-electron chi connectivity index (χ0n) is 27.3. The number of carbonyl (C=O) groups is 2. The van der Waals surface area contributed by atoms with E-state index >= 15 is 0 Å². The standard InChI is InChI=1S/C33H43B5O7S/c1-5-16(3)27(42)44-25-26(45-28(43)17(4)6-2)32(36,46)14-20-18-7-8-21-30(34,19(18)13-24(41)29(20,25)15-39)11-9-22-31(21,35)12-10-23(40)33(22,37)38/h5-7,19-26,39-41,46H,8-15H2,1-4H3/b16-5-,17-6-/t19?,20?,21?,22?,23-,24+,25-,26-,29-,30+,31-,32+/m0/s1. The minimum absolute atomic E-state index is 0.0948. The fraction of sp³-hybridized carbons (Fsp3) is 0.758. The molecule has 0 aromatic carbocycles. The third-order valence-corrected chi connectivity index (χ3v) is 13.1. The van der Waals surface area contributed by atoms with Gasteiger partial charge >= 0.3 is 11.9 Å². The molecule has 4 fully saturated rings. The lowest BCUT2D eigenvalue weighted by molar-refractivity contribution is -0.226. The normalized spacial score (nSPS) is 46.8. The molecular formula is C33H43B5O7S. The molecule has 0 amide bonds. The summed E-state index contributed by atoms with van der Waals surface area (Å²) in [5.74, 6) is -2.94. The second-order valence-corrected chi connectivity index (χ2v) is 15.6. The van der Waals surface area contributed by atoms with Crippen LogP contribution in [0.1, 0.15) is 72.6 Å². The summed E-state index contributed by atoms with van der Waals surface area (Å²) >= 11 is 4.82. The quantitative estimate of drug-likeness (QED) is 0.121. The molecule has 0 bridgehead atoms. The van der Waals surface area contributed by atoms with Crippen LogP contribution < -0.4 is 0 Å². The summed E-state index contributed by atoms with van der Waals surface area (Å²) in [5, 5.41) is 31.1. The molecule has 5 aliphatic rings. The van der Waals surface area contributed by atoms with Crippen molar-refractivity contribution in [3.63, 3.8) is 0 Å². The predicted molar refractivity (Wildman–Crippen MR) is 183 cm³/mol. The maximum absolute atomic E-state index is 13.3. The minimum Gasteiger partial charge on any atom is -0.454 e. The summed E-state index contributed by atoms with van der Waals surface area (Å²) in [6.45, 7) is 5.98. The summed E-state index contributed by atoms with van der Waals surface area (Å²) in [5.41, 5.74) is 0.0278. The smallest absolute Gasteiger partial charge is 0.333 e. The Balaban J connectivity index is 1.61. The van der Waals surface area contributed by atoms with E-state index in [2.05, 4.69) is 6.08 Å². The van der Waals surface area contributed by atoms with Crippen molar-refractivity contribution in [2.24, 2.45) is 29.1 Å². The van der Waals surface area contributed by atoms with Crippen LogP contribution in [0.5, 0.6) is 0 Å². The molecule has 238 valence electrons. The first-order chi connectivity index (χ1) is 21.4. The molecule has 0 aromatic rings. The molecule has 46 heavy (non-hydrogen) atoms. The van der Waals surface area contributed by atoms with Gasteiger partial charge in [0.25, 0.3) is 0 Å². The summed E-state index contributed by atoms with van der Waals surface area (Å²) in [4.78, 5) is 26.4. The van der Waals surface area contributed by atoms with Crippen molar-refractivity contribution < 1.29 is 34.4 Å². The number of thiol groups is 1. The van der Waals surface area contributed by atoms with Gasteiger partial charge in [-0.1, -0.05) is 64.8 Å². The molecule has 12 atom stereocenters. The Morgan fingerprint density at radius 3 is 2.02 bits per heavy atom. The van der Waals surface area contributed by atoms with Gasteiger partial charge in [0.15, 0.2) is 6.10 Å². The molecule has 4 unspecified atom stereocenters. The number of hydrogen-bond donors (Lipinski definition) is 4. The molecule has 10 radical (unpaired) electrons. The highest BCUT2D eigenvalue weighted by Gasteiger charge is 2.70. The predicted octanol–water partition coefficient (Wildman–Crippen LogP) is 2.54. The van der Waals surface area contributed by atoms with Gasteiger partial charge in [0.05, 0.1) is 57.4 Å². The number of ether oxygens (including phenoxy) is 2. The molecular weight excluding hydrogens is 594 g/mol. The van der Waals surface area contributed by atoms with Gasteiger partial charge in [0.1, 0.15) is 6.10 Å². The molecule has 3 N–H and O–H groups in total. The van der Waals surface area contributed by atoms with E-state index in [0.29, 0.717) is 43.3 Å². The maximum Gasteiger partial charge on any atom is 0.333 e. The molecule has 0 spiro atoms. The average Bonchev–Trinajstić information content (AvgIpc) is 2.99. The highest BCUT2D eigenvalue weighted by Crippen LogP contribution is 2.76. The van der Waals surface area contributed by atoms with Gasteiger partial charge in [0, 0.05) is 21.9 Å². The lowest BCUT2D eigenvalue weighted by atomic mass is 9.24. The first-order valence-corrected chi connectivity index (χ1v) is 16.8. The summed E-state index contributed by atoms with van der Waals surface area (Å²) in [6.07, 6.45) is 3.09. The molecule has 13 heteroatoms. The number of rotatable bonds is 5. The zero-order valence-corrected chi connectivity index (χ0v) is 28.2. The van der Waals surface area contributed by atoms with Gasteiger partial charge in [-0.15, -0.1) is 0 Å². The van der Waals surface area contributed by atoms with Gasteiger partial charge in [-0.05, 0) is 71.1 Å². The summed E-state index contributed by atoms with van der Waals surface area (Å²) in [6, 6.07) is 0. The van der Waals surface area contributed by atoms with E-state index in [-0.39, 0.29) is 30.6 Å². The molecule has 4 saturated carbocycles. The largest absolute Gasteiger partial charge is 0.454 e. The van der Waals surface area contributed by atoms with Crippen LogP contribution in [0.3, 0.4) is 0 Å². The molecule has 7 nitrogen and oxygen atoms in total. The summed E-state index contributed by atoms with van der Waals surface area (Å²) < 4.78 is 10.5. The SMILES string of the molecule is [B]C1([B])C2CC[C@@]3([B])C4C[C@@H](O)[C@]5(CO)C(C[C@@]([B])(S)[C@@H](OC(=O)/C(C)=C\C)[C@@H]5OC(=O)/C(C)=C\C)C4=CCC3[C@@]2([B])CC[C@@H]1O. The number of aliphatic hydroxyl groups is 3. The Morgan fingerprint density at radius 2 is 1.46 bits per heavy atom. The van der Waals surface area contributed by atoms with Gasteiger partial charge in [-0.25, -0.2) is 9.59 Å². The van der Waals surface area contributed by atoms with Crippen molar-refractivity contribution in [2.75, 3.05) is 6.61 Å². The monoisotopic (exact) mass is 638 g/mol. The van der Waals surface area contributed by atoms with Crippen LogP contribution in [0.25, 0.3) is 0 Å². The van der Waals surface area contributed by atoms with Crippen molar-refractivity contribution in [1.29, 1.82) is 0 Å². The molecule has 0 aliphatic heterocycles. The van der Waals surface area contributed by atoms with Gasteiger partial charge < -0.3 is 24.8 Å². The van der Waals surface area contributed by atoms with Crippen molar-refractivity contribution in [3.8, 4) is 0 Å². The summed E-state index contributed by atoms with van der Waals surface area (Å²) in [7, 11) is 34.5. The highest BCUT2D eigenvalue weighted by atomic mass is 32.1. The third kappa shape index (κ3) is 5.19. The number of aliphatic hydroxyl groups excluding tert-OH is 3. The Bertz CT molecular complexity index is 1350. The molecule has 0 aromatic heterocycles. The Kier molecular flexibility index (Phi) is 9.58. The van der Waals surface area contributed by atoms with Gasteiger partial charge in [0.2, 0.25) is 0 Å². The van der Waals surface area contributed by atoms with E-state index in [4.69, 9.17) is 61.3 Å². The van der Waals surface area contributed by atoms with E-state index in [1.807, 2.05) is 0 Å². The molecule has 0 saturated heterocycles. The Labute approximate surface area is 285 Å². The number of esters is 2. The lowest BCUT2D eigenvalue weighted by Gasteiger charge is -2.70. The second-order valence-electron chi connectivity index (χ2n) is 14.8. The van der Waals surface area contributed by atoms with Gasteiger partial charge in [-0.3, -0.25) is 0 Å². The number of carbonyl (C=O) groups excluding carboxylic acids is 2. The van der Waals surface area contributed by atoms with Gasteiger partial charge in [-0.2, -0.15) is 12.6 Å². The highest BCUT2D eigenvalue weighted by molar-refractivity contribution is 7.83. The first kappa shape index (κ1) is 36.0. The Hall–Kier alpha value is -1.29. The van der Waals surface area contributed by atoms with Crippen molar-refractivity contribution in [1.82, 2.24) is 0 Å². The van der Waals surface area contributed by atoms with Crippen molar-refractivity contribution >= 4 is 63.8 Å². The van der Waals surface area contributed by atoms with Crippen LogP contribution in [0, 0.1) is 29.1 Å². The van der Waals surface area contributed by atoms with Crippen LogP contribution in [0.4, 0.5) is 0 Å². The number of fused-ring (bicyclic) bond motifs is 7. The van der Waals surface area contributed by atoms with E-state index in [9.17, 15) is 24.9 Å². The fourth-order valence-corrected chi connectivity index (χ4v) is 10.1. The lowest BCUT2D eigenvalue weighted by Crippen LogP contribution is -2.71. The van der Waals surface area contributed by atoms with Crippen molar-refractivity contribution in [2.45, 2.75) is 118 Å². The Morgan fingerprint density at radius 1 is 0.891 bits per heavy atom. The molecule has 5 rings (SSSR count). The second kappa shape index (κ2) is 12.2. The van der Waals surface area contributed by atoms with E-state index in [1.165, 1.54) is 0 Å². The van der Waals surface area contributed by atoms with Crippen LogP contribution >= 0.6 is 12.6 Å². The van der Waals surface area contributed by atoms with Crippen molar-refractivity contribution in [3.05, 3.63) is 34.9 Å². The zero-order chi connectivity index (χ0) is 34.2. The topological polar surface area (TPSA) is 113 Å². The first-order valence-electron chi connectivity index (χ1n) is 16.4. The number of allylic oxidation sites excluding steroid dienone is 4. The van der Waals surface area contributed by atoms with E-state index in [1.54, 1.807) is 39.8 Å². The fourth-order valence-electron chi connectivity index (χ4n) is 9.78. The third-order valence-electron chi connectivity index (χ3n) is 12.7. The minimum atomic E-state index is -1.52. The molecule has 5 aliphatic carbocycles. The maximum atomic E-state index is 13.3. The molecule has 0 heterocycles. The number of hydrogen-bond acceptors (Lipinski definition) is 8. The van der Waals surface area contributed by atoms with Crippen LogP contribution in [-0.2, 0) is 19.1 Å². The average molecular weight is 638 g/mol. The van der Waals surface area contributed by atoms with E-state index in [0.717, 1.165) is 5.57 Å². The van der Waals surface area contributed by atoms with Crippen LogP contribution in [0.2, 0.25) is 15.8 Å². The van der Waals surface area contributed by atoms with Crippen LogP contribution in [0.15, 0.2) is 34.9 Å².